The van der Waals surface area contributed by atoms with Crippen molar-refractivity contribution in [2.45, 2.75) is 13.8 Å². The Balaban J connectivity index is 2.18. The van der Waals surface area contributed by atoms with Crippen LogP contribution < -0.4 is 5.01 Å². The quantitative estimate of drug-likeness (QED) is 0.830. The Morgan fingerprint density at radius 3 is 2.68 bits per heavy atom. The zero-order valence-electron chi connectivity index (χ0n) is 11.1. The Hall–Kier alpha value is -2.01. The smallest absolute Gasteiger partial charge is 0.261 e. The number of hydrogen-bond donors (Lipinski definition) is 1. The van der Waals surface area contributed by atoms with E-state index in [0.717, 1.165) is 11.3 Å². The number of hydrazone groups is 1. The van der Waals surface area contributed by atoms with Crippen LogP contribution >= 0.6 is 0 Å². The molecule has 19 heavy (non-hydrogen) atoms. The van der Waals surface area contributed by atoms with Gasteiger partial charge in [0, 0.05) is 6.21 Å². The van der Waals surface area contributed by atoms with Gasteiger partial charge in [-0.1, -0.05) is 17.7 Å². The van der Waals surface area contributed by atoms with Crippen molar-refractivity contribution in [2.24, 2.45) is 16.0 Å². The summed E-state index contributed by atoms with van der Waals surface area (Å²) in [6.45, 7) is 4.09. The molecule has 0 spiro atoms. The second-order valence-electron chi connectivity index (χ2n) is 4.48. The monoisotopic (exact) mass is 259 g/mol. The van der Waals surface area contributed by atoms with Gasteiger partial charge in [-0.2, -0.15) is 10.1 Å². The average molecular weight is 259 g/mol. The van der Waals surface area contributed by atoms with E-state index in [4.69, 9.17) is 5.11 Å². The van der Waals surface area contributed by atoms with Gasteiger partial charge in [0.1, 0.15) is 5.92 Å². The summed E-state index contributed by atoms with van der Waals surface area (Å²) < 4.78 is 0. The Morgan fingerprint density at radius 2 is 2.05 bits per heavy atom. The normalized spacial score (nSPS) is 19.3. The van der Waals surface area contributed by atoms with E-state index in [2.05, 4.69) is 10.1 Å². The van der Waals surface area contributed by atoms with E-state index in [1.54, 1.807) is 6.21 Å². The van der Waals surface area contributed by atoms with E-state index in [1.165, 1.54) is 5.01 Å². The molecule has 0 saturated heterocycles. The lowest BCUT2D eigenvalue weighted by Gasteiger charge is -2.12. The molecule has 1 aliphatic heterocycles. The summed E-state index contributed by atoms with van der Waals surface area (Å²) in [6.07, 6.45) is 1.56. The van der Waals surface area contributed by atoms with Crippen LogP contribution in [-0.4, -0.2) is 36.1 Å². The largest absolute Gasteiger partial charge is 0.394 e. The zero-order valence-corrected chi connectivity index (χ0v) is 11.1. The topological polar surface area (TPSA) is 65.3 Å². The lowest BCUT2D eigenvalue weighted by Crippen LogP contribution is -2.28. The van der Waals surface area contributed by atoms with Gasteiger partial charge >= 0.3 is 0 Å². The molecule has 5 nitrogen and oxygen atoms in total. The van der Waals surface area contributed by atoms with E-state index in [-0.39, 0.29) is 12.5 Å². The van der Waals surface area contributed by atoms with Crippen molar-refractivity contribution in [2.75, 3.05) is 18.2 Å². The molecule has 1 aromatic rings. The summed E-state index contributed by atoms with van der Waals surface area (Å²) >= 11 is 0. The lowest BCUT2D eigenvalue weighted by molar-refractivity contribution is -0.118. The van der Waals surface area contributed by atoms with Crippen LogP contribution in [0, 0.1) is 12.8 Å². The number of nitrogens with zero attached hydrogens (tertiary/aromatic N) is 3. The van der Waals surface area contributed by atoms with Crippen molar-refractivity contribution in [1.82, 2.24) is 0 Å². The first kappa shape index (κ1) is 13.4. The van der Waals surface area contributed by atoms with Crippen LogP contribution in [0.1, 0.15) is 12.5 Å². The van der Waals surface area contributed by atoms with Crippen molar-refractivity contribution in [3.05, 3.63) is 29.8 Å². The van der Waals surface area contributed by atoms with Gasteiger partial charge in [-0.3, -0.25) is 9.79 Å². The maximum Gasteiger partial charge on any atom is 0.261 e. The highest BCUT2D eigenvalue weighted by Crippen LogP contribution is 2.23. The zero-order chi connectivity index (χ0) is 13.8. The minimum atomic E-state index is -0.423. The molecule has 2 rings (SSSR count). The fraction of sp³-hybridized carbons (Fsp3) is 0.357. The van der Waals surface area contributed by atoms with Gasteiger partial charge < -0.3 is 5.11 Å². The highest BCUT2D eigenvalue weighted by atomic mass is 16.3. The number of rotatable bonds is 4. The summed E-state index contributed by atoms with van der Waals surface area (Å²) in [4.78, 5) is 16.3. The number of anilines is 1. The molecule has 5 heteroatoms. The maximum atomic E-state index is 12.3. The number of aryl methyl sites for hydroxylation is 1. The molecule has 1 aromatic carbocycles. The van der Waals surface area contributed by atoms with Crippen LogP contribution in [0.15, 0.2) is 34.4 Å². The summed E-state index contributed by atoms with van der Waals surface area (Å²) in [5.74, 6) is -0.532. The minimum Gasteiger partial charge on any atom is -0.394 e. The van der Waals surface area contributed by atoms with Crippen molar-refractivity contribution in [3.8, 4) is 0 Å². The Morgan fingerprint density at radius 1 is 1.37 bits per heavy atom. The number of aliphatic hydroxyl groups excluding tert-OH is 1. The fourth-order valence-electron chi connectivity index (χ4n) is 1.86. The van der Waals surface area contributed by atoms with E-state index in [9.17, 15) is 4.79 Å². The van der Waals surface area contributed by atoms with Crippen LogP contribution in [0.2, 0.25) is 0 Å². The second-order valence-corrected chi connectivity index (χ2v) is 4.48. The fourth-order valence-corrected chi connectivity index (χ4v) is 1.86. The first-order chi connectivity index (χ1) is 9.13. The molecule has 100 valence electrons. The number of benzene rings is 1. The van der Waals surface area contributed by atoms with Crippen LogP contribution in [-0.2, 0) is 4.79 Å². The van der Waals surface area contributed by atoms with Gasteiger partial charge in [0.25, 0.3) is 5.91 Å². The number of amides is 1. The summed E-state index contributed by atoms with van der Waals surface area (Å²) in [7, 11) is 0. The molecule has 0 saturated carbocycles. The third-order valence-electron chi connectivity index (χ3n) is 2.94. The number of aliphatic hydroxyl groups is 1. The average Bonchev–Trinajstić information content (AvgIpc) is 2.68. The molecule has 1 aliphatic rings. The van der Waals surface area contributed by atoms with E-state index < -0.39 is 5.92 Å². The van der Waals surface area contributed by atoms with Gasteiger partial charge in [-0.05, 0) is 26.0 Å². The molecular weight excluding hydrogens is 242 g/mol. The van der Waals surface area contributed by atoms with E-state index in [1.807, 2.05) is 38.1 Å². The van der Waals surface area contributed by atoms with Gasteiger partial charge in [0.15, 0.2) is 0 Å². The Kier molecular flexibility index (Phi) is 4.06. The molecule has 0 fully saturated rings. The molecule has 0 bridgehead atoms. The predicted molar refractivity (Wildman–Crippen MR) is 75.7 cm³/mol. The summed E-state index contributed by atoms with van der Waals surface area (Å²) in [6, 6.07) is 7.63. The minimum absolute atomic E-state index is 0.0186. The van der Waals surface area contributed by atoms with Crippen molar-refractivity contribution in [1.29, 1.82) is 0 Å². The van der Waals surface area contributed by atoms with E-state index in [0.29, 0.717) is 12.3 Å². The van der Waals surface area contributed by atoms with Crippen LogP contribution in [0.3, 0.4) is 0 Å². The number of carbonyl (C=O) groups excluding carboxylic acids is 1. The van der Waals surface area contributed by atoms with Gasteiger partial charge in [-0.25, -0.2) is 0 Å². The number of hydrogen-bond acceptors (Lipinski definition) is 4. The molecule has 1 heterocycles. The molecule has 0 aromatic heterocycles. The second kappa shape index (κ2) is 5.75. The number of aliphatic imine (C=N–C) groups is 1. The molecular formula is C14H17N3O2. The highest BCUT2D eigenvalue weighted by Gasteiger charge is 2.32. The van der Waals surface area contributed by atoms with Crippen LogP contribution in [0.5, 0.6) is 0 Å². The standard InChI is InChI=1S/C14H17N3O2/c1-10-3-5-12(6-4-10)17-14(19)13(11(2)16-17)9-15-7-8-18/h3-6,9,13,18H,7-8H2,1-2H3. The van der Waals surface area contributed by atoms with Crippen LogP contribution in [0.25, 0.3) is 0 Å². The third kappa shape index (κ3) is 2.88. The Labute approximate surface area is 112 Å². The SMILES string of the molecule is CC1=NN(c2ccc(C)cc2)C(=O)C1C=NCCO. The molecule has 1 N–H and O–H groups in total. The maximum absolute atomic E-state index is 12.3. The summed E-state index contributed by atoms with van der Waals surface area (Å²) in [5.41, 5.74) is 2.61. The third-order valence-corrected chi connectivity index (χ3v) is 2.94. The molecule has 1 unspecified atom stereocenters. The van der Waals surface area contributed by atoms with Gasteiger partial charge in [-0.15, -0.1) is 0 Å². The number of carbonyl (C=O) groups is 1. The predicted octanol–water partition coefficient (Wildman–Crippen LogP) is 1.40. The van der Waals surface area contributed by atoms with Crippen molar-refractivity contribution < 1.29 is 9.90 Å². The summed E-state index contributed by atoms with van der Waals surface area (Å²) in [5, 5.41) is 14.4. The van der Waals surface area contributed by atoms with Crippen molar-refractivity contribution >= 4 is 23.5 Å². The molecule has 0 radical (unpaired) electrons. The van der Waals surface area contributed by atoms with Gasteiger partial charge in [0.2, 0.25) is 0 Å². The first-order valence-electron chi connectivity index (χ1n) is 6.20. The van der Waals surface area contributed by atoms with E-state index >= 15 is 0 Å². The van der Waals surface area contributed by atoms with Gasteiger partial charge in [0.05, 0.1) is 24.6 Å². The van der Waals surface area contributed by atoms with Crippen LogP contribution in [0.4, 0.5) is 5.69 Å². The molecule has 1 atom stereocenters. The highest BCUT2D eigenvalue weighted by molar-refractivity contribution is 6.23. The first-order valence-corrected chi connectivity index (χ1v) is 6.20. The lowest BCUT2D eigenvalue weighted by atomic mass is 10.1. The Bertz CT molecular complexity index is 520. The van der Waals surface area contributed by atoms with Crippen molar-refractivity contribution in [3.63, 3.8) is 0 Å². The molecule has 1 amide bonds. The molecule has 0 aliphatic carbocycles.